The molecule has 2 unspecified atom stereocenters. The summed E-state index contributed by atoms with van der Waals surface area (Å²) >= 11 is 0. The topological polar surface area (TPSA) is 79.9 Å². The second-order valence-corrected chi connectivity index (χ2v) is 4.49. The highest BCUT2D eigenvalue weighted by atomic mass is 19.4. The lowest BCUT2D eigenvalue weighted by molar-refractivity contribution is -0.248. The fourth-order valence-corrected chi connectivity index (χ4v) is 1.41. The number of nitrogens with one attached hydrogen (secondary N) is 1. The van der Waals surface area contributed by atoms with Crippen LogP contribution in [0.5, 0.6) is 0 Å². The second kappa shape index (κ2) is 5.75. The molecule has 0 radical (unpaired) electrons. The molecule has 0 aliphatic carbocycles. The summed E-state index contributed by atoms with van der Waals surface area (Å²) in [5, 5.41) is 11.8. The van der Waals surface area contributed by atoms with E-state index in [1.807, 2.05) is 0 Å². The first kappa shape index (κ1) is 15.0. The standard InChI is InChI=1S/C10H18F3N3O2/c1-9(17,10(11,12)13)6-16-8(14)15-5-7-3-2-4-18-7/h7,17H,2-6H2,1H3,(H3,14,15,16). The Morgan fingerprint density at radius 1 is 1.56 bits per heavy atom. The Kier molecular flexibility index (Phi) is 4.80. The lowest BCUT2D eigenvalue weighted by Gasteiger charge is -2.24. The molecule has 0 saturated carbocycles. The quantitative estimate of drug-likeness (QED) is 0.509. The lowest BCUT2D eigenvalue weighted by Crippen LogP contribution is -2.46. The van der Waals surface area contributed by atoms with Crippen LogP contribution in [0.4, 0.5) is 13.2 Å². The third-order valence-electron chi connectivity index (χ3n) is 2.70. The van der Waals surface area contributed by atoms with Gasteiger partial charge in [-0.2, -0.15) is 13.2 Å². The van der Waals surface area contributed by atoms with Gasteiger partial charge in [-0.05, 0) is 19.8 Å². The van der Waals surface area contributed by atoms with Gasteiger partial charge in [0.25, 0.3) is 0 Å². The first-order chi connectivity index (χ1) is 8.22. The predicted molar refractivity (Wildman–Crippen MR) is 60.1 cm³/mol. The lowest BCUT2D eigenvalue weighted by atomic mass is 10.1. The van der Waals surface area contributed by atoms with Gasteiger partial charge in [-0.15, -0.1) is 0 Å². The molecule has 8 heteroatoms. The summed E-state index contributed by atoms with van der Waals surface area (Å²) in [6, 6.07) is 0. The Balaban J connectivity index is 2.36. The van der Waals surface area contributed by atoms with E-state index >= 15 is 0 Å². The minimum atomic E-state index is -4.73. The van der Waals surface area contributed by atoms with E-state index in [1.54, 1.807) is 0 Å². The summed E-state index contributed by atoms with van der Waals surface area (Å²) in [7, 11) is 0. The van der Waals surface area contributed by atoms with E-state index in [0.717, 1.165) is 12.8 Å². The molecule has 0 aromatic heterocycles. The number of nitrogens with zero attached hydrogens (tertiary/aromatic N) is 1. The molecule has 1 rings (SSSR count). The Hall–Kier alpha value is -1.02. The van der Waals surface area contributed by atoms with Gasteiger partial charge in [0.05, 0.1) is 12.6 Å². The molecule has 0 aromatic carbocycles. The van der Waals surface area contributed by atoms with Crippen molar-refractivity contribution >= 4 is 5.96 Å². The molecule has 1 fully saturated rings. The van der Waals surface area contributed by atoms with Crippen molar-refractivity contribution < 1.29 is 23.0 Å². The van der Waals surface area contributed by atoms with Crippen LogP contribution in [0.15, 0.2) is 4.99 Å². The summed E-state index contributed by atoms with van der Waals surface area (Å²) < 4.78 is 42.2. The monoisotopic (exact) mass is 269 g/mol. The molecular weight excluding hydrogens is 251 g/mol. The smallest absolute Gasteiger partial charge is 0.379 e. The molecule has 1 saturated heterocycles. The van der Waals surface area contributed by atoms with Crippen LogP contribution in [0.25, 0.3) is 0 Å². The maximum Gasteiger partial charge on any atom is 0.418 e. The fraction of sp³-hybridized carbons (Fsp3) is 0.900. The molecule has 0 bridgehead atoms. The van der Waals surface area contributed by atoms with E-state index in [1.165, 1.54) is 0 Å². The highest BCUT2D eigenvalue weighted by Gasteiger charge is 2.49. The molecule has 5 nitrogen and oxygen atoms in total. The third kappa shape index (κ3) is 4.34. The Bertz CT molecular complexity index is 299. The summed E-state index contributed by atoms with van der Waals surface area (Å²) in [6.45, 7) is 0.917. The number of alkyl halides is 3. The molecule has 2 atom stereocenters. The number of hydrogen-bond donors (Lipinski definition) is 3. The van der Waals surface area contributed by atoms with Crippen molar-refractivity contribution in [1.29, 1.82) is 0 Å². The van der Waals surface area contributed by atoms with Crippen LogP contribution in [0, 0.1) is 0 Å². The number of aliphatic imine (C=N–C) groups is 1. The van der Waals surface area contributed by atoms with Crippen molar-refractivity contribution in [1.82, 2.24) is 5.32 Å². The van der Waals surface area contributed by atoms with E-state index in [4.69, 9.17) is 15.6 Å². The van der Waals surface area contributed by atoms with Crippen LogP contribution in [0.1, 0.15) is 19.8 Å². The van der Waals surface area contributed by atoms with E-state index in [0.29, 0.717) is 20.1 Å². The third-order valence-corrected chi connectivity index (χ3v) is 2.70. The van der Waals surface area contributed by atoms with Gasteiger partial charge in [-0.25, -0.2) is 0 Å². The highest BCUT2D eigenvalue weighted by molar-refractivity contribution is 5.77. The average Bonchev–Trinajstić information content (AvgIpc) is 2.74. The number of hydrogen-bond acceptors (Lipinski definition) is 3. The van der Waals surface area contributed by atoms with Gasteiger partial charge in [0.2, 0.25) is 0 Å². The van der Waals surface area contributed by atoms with Crippen molar-refractivity contribution in [3.8, 4) is 0 Å². The van der Waals surface area contributed by atoms with Crippen LogP contribution in [0.3, 0.4) is 0 Å². The number of guanidine groups is 1. The van der Waals surface area contributed by atoms with Gasteiger partial charge in [0.15, 0.2) is 11.6 Å². The first-order valence-electron chi connectivity index (χ1n) is 5.67. The predicted octanol–water partition coefficient (Wildman–Crippen LogP) is 0.383. The van der Waals surface area contributed by atoms with Gasteiger partial charge >= 0.3 is 6.18 Å². The van der Waals surface area contributed by atoms with E-state index in [9.17, 15) is 13.2 Å². The van der Waals surface area contributed by atoms with Crippen LogP contribution < -0.4 is 11.1 Å². The molecule has 0 aromatic rings. The molecule has 0 amide bonds. The Labute approximate surface area is 103 Å². The van der Waals surface area contributed by atoms with Crippen molar-refractivity contribution in [3.05, 3.63) is 0 Å². The number of ether oxygens (including phenoxy) is 1. The molecule has 106 valence electrons. The molecule has 1 aliphatic rings. The molecule has 1 heterocycles. The van der Waals surface area contributed by atoms with Gasteiger partial charge in [-0.1, -0.05) is 0 Å². The van der Waals surface area contributed by atoms with Crippen LogP contribution in [0.2, 0.25) is 0 Å². The molecule has 4 N–H and O–H groups in total. The summed E-state index contributed by atoms with van der Waals surface area (Å²) in [5.41, 5.74) is 2.54. The van der Waals surface area contributed by atoms with Gasteiger partial charge in [-0.3, -0.25) is 4.99 Å². The summed E-state index contributed by atoms with van der Waals surface area (Å²) in [6.07, 6.45) is -2.86. The number of halogens is 3. The largest absolute Gasteiger partial charge is 0.418 e. The normalized spacial score (nSPS) is 24.9. The van der Waals surface area contributed by atoms with Crippen molar-refractivity contribution in [2.24, 2.45) is 10.7 Å². The SMILES string of the molecule is CC(O)(CN=C(N)NCC1CCCO1)C(F)(F)F. The van der Waals surface area contributed by atoms with Gasteiger partial charge < -0.3 is 20.9 Å². The minimum absolute atomic E-state index is 0.0156. The Morgan fingerprint density at radius 2 is 2.22 bits per heavy atom. The van der Waals surface area contributed by atoms with Crippen molar-refractivity contribution in [2.45, 2.75) is 37.6 Å². The maximum absolute atomic E-state index is 12.3. The average molecular weight is 269 g/mol. The fourth-order valence-electron chi connectivity index (χ4n) is 1.41. The van der Waals surface area contributed by atoms with Crippen LogP contribution >= 0.6 is 0 Å². The summed E-state index contributed by atoms with van der Waals surface area (Å²) in [5.74, 6) is -0.130. The first-order valence-corrected chi connectivity index (χ1v) is 5.67. The van der Waals surface area contributed by atoms with Crippen LogP contribution in [-0.4, -0.2) is 48.6 Å². The van der Waals surface area contributed by atoms with Crippen LogP contribution in [-0.2, 0) is 4.74 Å². The number of aliphatic hydroxyl groups is 1. The van der Waals surface area contributed by atoms with Gasteiger partial charge in [0, 0.05) is 13.2 Å². The minimum Gasteiger partial charge on any atom is -0.379 e. The maximum atomic E-state index is 12.3. The summed E-state index contributed by atoms with van der Waals surface area (Å²) in [4.78, 5) is 3.48. The Morgan fingerprint density at radius 3 is 2.72 bits per heavy atom. The van der Waals surface area contributed by atoms with E-state index in [2.05, 4.69) is 10.3 Å². The zero-order valence-electron chi connectivity index (χ0n) is 10.1. The van der Waals surface area contributed by atoms with E-state index < -0.39 is 18.3 Å². The zero-order chi connectivity index (χ0) is 13.8. The molecule has 1 aliphatic heterocycles. The molecule has 0 spiro atoms. The van der Waals surface area contributed by atoms with E-state index in [-0.39, 0.29) is 12.1 Å². The number of rotatable bonds is 4. The van der Waals surface area contributed by atoms with Crippen molar-refractivity contribution in [2.75, 3.05) is 19.7 Å². The number of nitrogens with two attached hydrogens (primary N) is 1. The zero-order valence-corrected chi connectivity index (χ0v) is 10.1. The highest BCUT2D eigenvalue weighted by Crippen LogP contribution is 2.29. The second-order valence-electron chi connectivity index (χ2n) is 4.49. The van der Waals surface area contributed by atoms with Crippen molar-refractivity contribution in [3.63, 3.8) is 0 Å². The van der Waals surface area contributed by atoms with Gasteiger partial charge in [0.1, 0.15) is 0 Å². The molecular formula is C10H18F3N3O2. The molecule has 18 heavy (non-hydrogen) atoms.